The molecule has 2 atom stereocenters. The number of rotatable bonds is 3. The molecule has 0 amide bonds. The average Bonchev–Trinajstić information content (AvgIpc) is 2.45. The summed E-state index contributed by atoms with van der Waals surface area (Å²) in [6.45, 7) is 0. The van der Waals surface area contributed by atoms with Gasteiger partial charge in [-0.1, -0.05) is 6.42 Å². The van der Waals surface area contributed by atoms with Gasteiger partial charge in [-0.05, 0) is 31.4 Å². The lowest BCUT2D eigenvalue weighted by molar-refractivity contribution is -0.184. The monoisotopic (exact) mass is 287 g/mol. The van der Waals surface area contributed by atoms with Crippen molar-refractivity contribution >= 4 is 5.78 Å². The summed E-state index contributed by atoms with van der Waals surface area (Å²) >= 11 is 0. The molecule has 20 heavy (non-hydrogen) atoms. The van der Waals surface area contributed by atoms with Crippen molar-refractivity contribution in [3.8, 4) is 5.75 Å². The number of carbonyl (C=O) groups is 1. The van der Waals surface area contributed by atoms with E-state index < -0.39 is 18.0 Å². The molecular formula is C14H16F3NO2. The van der Waals surface area contributed by atoms with E-state index in [1.165, 1.54) is 13.3 Å². The summed E-state index contributed by atoms with van der Waals surface area (Å²) < 4.78 is 43.4. The van der Waals surface area contributed by atoms with Crippen LogP contribution in [0.1, 0.15) is 36.2 Å². The van der Waals surface area contributed by atoms with Crippen molar-refractivity contribution in [3.63, 3.8) is 0 Å². The summed E-state index contributed by atoms with van der Waals surface area (Å²) in [5.74, 6) is -2.05. The standard InChI is InChI=1S/C14H16F3NO2/c1-20-11-6-3-7-18-12(11)13(19)9-4-2-5-10(8-9)14(15,16)17/h3,6-7,9-10H,2,4-5,8H2,1H3. The van der Waals surface area contributed by atoms with E-state index in [9.17, 15) is 18.0 Å². The Morgan fingerprint density at radius 1 is 1.40 bits per heavy atom. The van der Waals surface area contributed by atoms with Gasteiger partial charge in [-0.3, -0.25) is 4.79 Å². The number of aromatic nitrogens is 1. The van der Waals surface area contributed by atoms with Crippen LogP contribution in [0, 0.1) is 11.8 Å². The van der Waals surface area contributed by atoms with Crippen molar-refractivity contribution in [2.75, 3.05) is 7.11 Å². The number of nitrogens with zero attached hydrogens (tertiary/aromatic N) is 1. The molecule has 1 heterocycles. The molecule has 1 aliphatic carbocycles. The highest BCUT2D eigenvalue weighted by Crippen LogP contribution is 2.41. The number of methoxy groups -OCH3 is 1. The molecule has 0 radical (unpaired) electrons. The maximum Gasteiger partial charge on any atom is 0.391 e. The lowest BCUT2D eigenvalue weighted by atomic mass is 9.78. The normalized spacial score (nSPS) is 23.4. The Balaban J connectivity index is 2.17. The SMILES string of the molecule is COc1cccnc1C(=O)C1CCCC(C(F)(F)F)C1. The third-order valence-corrected chi connectivity index (χ3v) is 3.73. The second kappa shape index (κ2) is 5.81. The Labute approximate surface area is 115 Å². The number of hydrogen-bond donors (Lipinski definition) is 0. The first-order valence-corrected chi connectivity index (χ1v) is 6.53. The number of Topliss-reactive ketones (excluding diaryl/α,β-unsaturated/α-hetero) is 1. The van der Waals surface area contributed by atoms with Crippen LogP contribution < -0.4 is 4.74 Å². The first-order valence-electron chi connectivity index (χ1n) is 6.53. The Morgan fingerprint density at radius 3 is 2.80 bits per heavy atom. The molecule has 0 spiro atoms. The predicted molar refractivity (Wildman–Crippen MR) is 66.6 cm³/mol. The molecule has 1 fully saturated rings. The summed E-state index contributed by atoms with van der Waals surface area (Å²) in [6.07, 6.45) is -1.94. The van der Waals surface area contributed by atoms with Gasteiger partial charge in [0.1, 0.15) is 11.4 Å². The third kappa shape index (κ3) is 3.11. The average molecular weight is 287 g/mol. The van der Waals surface area contributed by atoms with Gasteiger partial charge in [0.25, 0.3) is 0 Å². The fourth-order valence-electron chi connectivity index (χ4n) is 2.66. The highest BCUT2D eigenvalue weighted by atomic mass is 19.4. The summed E-state index contributed by atoms with van der Waals surface area (Å²) in [4.78, 5) is 16.3. The van der Waals surface area contributed by atoms with E-state index in [2.05, 4.69) is 4.98 Å². The van der Waals surface area contributed by atoms with Gasteiger partial charge >= 0.3 is 6.18 Å². The quantitative estimate of drug-likeness (QED) is 0.797. The van der Waals surface area contributed by atoms with Crippen molar-refractivity contribution < 1.29 is 22.7 Å². The minimum atomic E-state index is -4.23. The first kappa shape index (κ1) is 14.8. The van der Waals surface area contributed by atoms with E-state index in [0.29, 0.717) is 18.6 Å². The summed E-state index contributed by atoms with van der Waals surface area (Å²) in [5, 5.41) is 0. The van der Waals surface area contributed by atoms with E-state index >= 15 is 0 Å². The van der Waals surface area contributed by atoms with E-state index in [0.717, 1.165) is 0 Å². The van der Waals surface area contributed by atoms with Crippen LogP contribution in [0.25, 0.3) is 0 Å². The zero-order valence-electron chi connectivity index (χ0n) is 11.1. The fourth-order valence-corrected chi connectivity index (χ4v) is 2.66. The van der Waals surface area contributed by atoms with E-state index in [-0.39, 0.29) is 24.3 Å². The third-order valence-electron chi connectivity index (χ3n) is 3.73. The lowest BCUT2D eigenvalue weighted by Crippen LogP contribution is -2.32. The smallest absolute Gasteiger partial charge is 0.391 e. The highest BCUT2D eigenvalue weighted by Gasteiger charge is 2.44. The van der Waals surface area contributed by atoms with Gasteiger partial charge in [0.05, 0.1) is 13.0 Å². The van der Waals surface area contributed by atoms with Crippen LogP contribution in [0.4, 0.5) is 13.2 Å². The van der Waals surface area contributed by atoms with Crippen LogP contribution in [-0.2, 0) is 0 Å². The number of pyridine rings is 1. The van der Waals surface area contributed by atoms with Crippen molar-refractivity contribution in [1.82, 2.24) is 4.98 Å². The predicted octanol–water partition coefficient (Wildman–Crippen LogP) is 3.64. The van der Waals surface area contributed by atoms with Gasteiger partial charge in [0, 0.05) is 12.1 Å². The van der Waals surface area contributed by atoms with E-state index in [1.54, 1.807) is 12.1 Å². The summed E-state index contributed by atoms with van der Waals surface area (Å²) in [7, 11) is 1.41. The number of carbonyl (C=O) groups excluding carboxylic acids is 1. The van der Waals surface area contributed by atoms with Gasteiger partial charge in [-0.15, -0.1) is 0 Å². The molecule has 3 nitrogen and oxygen atoms in total. The van der Waals surface area contributed by atoms with Crippen molar-refractivity contribution in [3.05, 3.63) is 24.0 Å². The van der Waals surface area contributed by atoms with Crippen molar-refractivity contribution in [2.45, 2.75) is 31.9 Å². The van der Waals surface area contributed by atoms with Gasteiger partial charge in [0.15, 0.2) is 5.78 Å². The molecule has 1 aromatic rings. The molecule has 2 unspecified atom stereocenters. The van der Waals surface area contributed by atoms with Gasteiger partial charge in [-0.2, -0.15) is 13.2 Å². The van der Waals surface area contributed by atoms with Crippen molar-refractivity contribution in [2.24, 2.45) is 11.8 Å². The fraction of sp³-hybridized carbons (Fsp3) is 0.571. The Hall–Kier alpha value is -1.59. The van der Waals surface area contributed by atoms with Crippen LogP contribution in [0.2, 0.25) is 0 Å². The zero-order valence-corrected chi connectivity index (χ0v) is 11.1. The molecule has 0 N–H and O–H groups in total. The molecule has 0 bridgehead atoms. The van der Waals surface area contributed by atoms with Crippen LogP contribution in [0.15, 0.2) is 18.3 Å². The topological polar surface area (TPSA) is 39.2 Å². The van der Waals surface area contributed by atoms with Crippen LogP contribution in [0.3, 0.4) is 0 Å². The minimum Gasteiger partial charge on any atom is -0.494 e. The Bertz CT molecular complexity index is 488. The molecule has 1 aliphatic rings. The van der Waals surface area contributed by atoms with Gasteiger partial charge in [0.2, 0.25) is 0 Å². The molecule has 2 rings (SSSR count). The Morgan fingerprint density at radius 2 is 2.15 bits per heavy atom. The molecule has 0 aromatic carbocycles. The van der Waals surface area contributed by atoms with Crippen LogP contribution >= 0.6 is 0 Å². The molecule has 110 valence electrons. The Kier molecular flexibility index (Phi) is 4.30. The number of alkyl halides is 3. The summed E-state index contributed by atoms with van der Waals surface area (Å²) in [5.41, 5.74) is 0.128. The second-order valence-corrected chi connectivity index (χ2v) is 5.02. The lowest BCUT2D eigenvalue weighted by Gasteiger charge is -2.29. The van der Waals surface area contributed by atoms with E-state index in [4.69, 9.17) is 4.74 Å². The number of ether oxygens (including phenoxy) is 1. The number of ketones is 1. The maximum absolute atomic E-state index is 12.8. The molecular weight excluding hydrogens is 271 g/mol. The largest absolute Gasteiger partial charge is 0.494 e. The molecule has 6 heteroatoms. The minimum absolute atomic E-state index is 0.104. The van der Waals surface area contributed by atoms with Crippen molar-refractivity contribution in [1.29, 1.82) is 0 Å². The molecule has 1 aromatic heterocycles. The van der Waals surface area contributed by atoms with Crippen LogP contribution in [-0.4, -0.2) is 24.1 Å². The first-order chi connectivity index (χ1) is 9.43. The number of halogens is 3. The van der Waals surface area contributed by atoms with Crippen LogP contribution in [0.5, 0.6) is 5.75 Å². The molecule has 0 saturated heterocycles. The molecule has 1 saturated carbocycles. The second-order valence-electron chi connectivity index (χ2n) is 5.02. The molecule has 0 aliphatic heterocycles. The zero-order chi connectivity index (χ0) is 14.8. The van der Waals surface area contributed by atoms with Gasteiger partial charge < -0.3 is 4.74 Å². The summed E-state index contributed by atoms with van der Waals surface area (Å²) in [6, 6.07) is 3.21. The van der Waals surface area contributed by atoms with E-state index in [1.807, 2.05) is 0 Å². The maximum atomic E-state index is 12.8. The highest BCUT2D eigenvalue weighted by molar-refractivity contribution is 5.98. The number of hydrogen-bond acceptors (Lipinski definition) is 3. The van der Waals surface area contributed by atoms with Gasteiger partial charge in [-0.25, -0.2) is 4.98 Å².